The van der Waals surface area contributed by atoms with Gasteiger partial charge in [0.15, 0.2) is 0 Å². The fraction of sp³-hybridized carbons (Fsp3) is 0.381. The van der Waals surface area contributed by atoms with E-state index < -0.39 is 0 Å². The molecule has 1 amide bonds. The first-order valence-corrected chi connectivity index (χ1v) is 9.69. The molecule has 0 aliphatic carbocycles. The molecule has 1 saturated heterocycles. The maximum atomic E-state index is 11.8. The Hall–Kier alpha value is -2.20. The summed E-state index contributed by atoms with van der Waals surface area (Å²) in [5.41, 5.74) is 3.25. The number of unbranched alkanes of at least 4 members (excludes halogenated alkanes) is 1. The number of nitrogens with zero attached hydrogens (tertiary/aromatic N) is 2. The molecule has 26 heavy (non-hydrogen) atoms. The zero-order valence-electron chi connectivity index (χ0n) is 15.2. The van der Waals surface area contributed by atoms with Crippen LogP contribution in [0, 0.1) is 0 Å². The molecule has 0 spiro atoms. The van der Waals surface area contributed by atoms with Gasteiger partial charge in [-0.05, 0) is 48.9 Å². The van der Waals surface area contributed by atoms with Crippen molar-refractivity contribution in [2.24, 2.45) is 0 Å². The van der Waals surface area contributed by atoms with Gasteiger partial charge in [0.2, 0.25) is 5.91 Å². The smallest absolute Gasteiger partial charge is 0.224 e. The standard InChI is InChI=1S/C21H26ClN3O/c1-2-3-7-21(26)23-18-8-10-19(11-9-18)24-12-14-25(15-13-24)20-6-4-5-17(22)16-20/h4-6,8-11,16H,2-3,7,12-15H2,1H3,(H,23,26). The molecule has 3 rings (SSSR count). The van der Waals surface area contributed by atoms with Gasteiger partial charge < -0.3 is 15.1 Å². The van der Waals surface area contributed by atoms with Crippen molar-refractivity contribution < 1.29 is 4.79 Å². The first kappa shape index (κ1) is 18.6. The molecule has 4 nitrogen and oxygen atoms in total. The minimum atomic E-state index is 0.0923. The molecular weight excluding hydrogens is 346 g/mol. The Morgan fingerprint density at radius 1 is 1.00 bits per heavy atom. The SMILES string of the molecule is CCCCC(=O)Nc1ccc(N2CCN(c3cccc(Cl)c3)CC2)cc1. The zero-order chi connectivity index (χ0) is 18.4. The molecule has 1 fully saturated rings. The lowest BCUT2D eigenvalue weighted by Crippen LogP contribution is -2.46. The molecule has 138 valence electrons. The van der Waals surface area contributed by atoms with Gasteiger partial charge in [0.05, 0.1) is 0 Å². The van der Waals surface area contributed by atoms with Gasteiger partial charge in [0.1, 0.15) is 0 Å². The molecule has 5 heteroatoms. The van der Waals surface area contributed by atoms with Crippen LogP contribution < -0.4 is 15.1 Å². The Labute approximate surface area is 160 Å². The number of piperazine rings is 1. The van der Waals surface area contributed by atoms with E-state index in [-0.39, 0.29) is 5.91 Å². The van der Waals surface area contributed by atoms with E-state index >= 15 is 0 Å². The predicted molar refractivity (Wildman–Crippen MR) is 110 cm³/mol. The van der Waals surface area contributed by atoms with Crippen molar-refractivity contribution in [3.63, 3.8) is 0 Å². The molecule has 0 atom stereocenters. The number of amides is 1. The average Bonchev–Trinajstić information content (AvgIpc) is 2.67. The summed E-state index contributed by atoms with van der Waals surface area (Å²) in [4.78, 5) is 16.6. The second-order valence-electron chi connectivity index (χ2n) is 6.65. The maximum Gasteiger partial charge on any atom is 0.224 e. The normalized spacial score (nSPS) is 14.4. The second-order valence-corrected chi connectivity index (χ2v) is 7.09. The first-order chi connectivity index (χ1) is 12.7. The number of carbonyl (C=O) groups is 1. The number of hydrogen-bond acceptors (Lipinski definition) is 3. The van der Waals surface area contributed by atoms with E-state index in [2.05, 4.69) is 40.2 Å². The van der Waals surface area contributed by atoms with Gasteiger partial charge in [-0.1, -0.05) is 31.0 Å². The number of rotatable bonds is 6. The molecule has 2 aromatic rings. The van der Waals surface area contributed by atoms with Crippen molar-refractivity contribution in [2.45, 2.75) is 26.2 Å². The Morgan fingerprint density at radius 3 is 2.27 bits per heavy atom. The van der Waals surface area contributed by atoms with Gasteiger partial charge in [0.25, 0.3) is 0 Å². The molecule has 0 bridgehead atoms. The number of carbonyl (C=O) groups excluding carboxylic acids is 1. The van der Waals surface area contributed by atoms with Crippen molar-refractivity contribution in [2.75, 3.05) is 41.3 Å². The lowest BCUT2D eigenvalue weighted by atomic mass is 10.2. The highest BCUT2D eigenvalue weighted by atomic mass is 35.5. The van der Waals surface area contributed by atoms with Crippen LogP contribution in [0.15, 0.2) is 48.5 Å². The minimum absolute atomic E-state index is 0.0923. The Kier molecular flexibility index (Phi) is 6.40. The molecular formula is C21H26ClN3O. The van der Waals surface area contributed by atoms with Crippen molar-refractivity contribution in [1.82, 2.24) is 0 Å². The molecule has 2 aromatic carbocycles. The summed E-state index contributed by atoms with van der Waals surface area (Å²) in [5, 5.41) is 3.74. The van der Waals surface area contributed by atoms with Gasteiger partial charge in [-0.15, -0.1) is 0 Å². The number of benzene rings is 2. The molecule has 1 aliphatic rings. The fourth-order valence-corrected chi connectivity index (χ4v) is 3.40. The van der Waals surface area contributed by atoms with Crippen LogP contribution in [0.5, 0.6) is 0 Å². The van der Waals surface area contributed by atoms with Crippen molar-refractivity contribution >= 4 is 34.6 Å². The summed E-state index contributed by atoms with van der Waals surface area (Å²) >= 11 is 6.10. The van der Waals surface area contributed by atoms with Crippen LogP contribution in [0.3, 0.4) is 0 Å². The van der Waals surface area contributed by atoms with Gasteiger partial charge in [-0.2, -0.15) is 0 Å². The lowest BCUT2D eigenvalue weighted by Gasteiger charge is -2.37. The van der Waals surface area contributed by atoms with Gasteiger partial charge in [-0.3, -0.25) is 4.79 Å². The summed E-state index contributed by atoms with van der Waals surface area (Å²) in [5.74, 6) is 0.0923. The zero-order valence-corrected chi connectivity index (χ0v) is 16.0. The van der Waals surface area contributed by atoms with Gasteiger partial charge in [0, 0.05) is 54.7 Å². The summed E-state index contributed by atoms with van der Waals surface area (Å²) < 4.78 is 0. The summed E-state index contributed by atoms with van der Waals surface area (Å²) in [7, 11) is 0. The molecule has 0 unspecified atom stereocenters. The van der Waals surface area contributed by atoms with Crippen LogP contribution in [0.1, 0.15) is 26.2 Å². The third-order valence-corrected chi connectivity index (χ3v) is 4.96. The molecule has 0 radical (unpaired) electrons. The van der Waals surface area contributed by atoms with Gasteiger partial charge >= 0.3 is 0 Å². The second kappa shape index (κ2) is 8.95. The van der Waals surface area contributed by atoms with Crippen LogP contribution in [-0.2, 0) is 4.79 Å². The van der Waals surface area contributed by atoms with Gasteiger partial charge in [-0.25, -0.2) is 0 Å². The van der Waals surface area contributed by atoms with E-state index in [4.69, 9.17) is 11.6 Å². The van der Waals surface area contributed by atoms with E-state index in [9.17, 15) is 4.79 Å². The van der Waals surface area contributed by atoms with Crippen molar-refractivity contribution in [1.29, 1.82) is 0 Å². The minimum Gasteiger partial charge on any atom is -0.368 e. The van der Waals surface area contributed by atoms with Crippen molar-refractivity contribution in [3.05, 3.63) is 53.6 Å². The quantitative estimate of drug-likeness (QED) is 0.792. The highest BCUT2D eigenvalue weighted by Crippen LogP contribution is 2.24. The predicted octanol–water partition coefficient (Wildman–Crippen LogP) is 4.80. The highest BCUT2D eigenvalue weighted by molar-refractivity contribution is 6.30. The Morgan fingerprint density at radius 2 is 1.65 bits per heavy atom. The van der Waals surface area contributed by atoms with Crippen LogP contribution in [-0.4, -0.2) is 32.1 Å². The molecule has 1 heterocycles. The van der Waals surface area contributed by atoms with Crippen LogP contribution >= 0.6 is 11.6 Å². The van der Waals surface area contributed by atoms with Crippen LogP contribution in [0.25, 0.3) is 0 Å². The number of nitrogens with one attached hydrogen (secondary N) is 1. The van der Waals surface area contributed by atoms with Crippen molar-refractivity contribution in [3.8, 4) is 0 Å². The summed E-state index contributed by atoms with van der Waals surface area (Å²) in [6.07, 6.45) is 2.55. The Bertz CT molecular complexity index is 724. The third-order valence-electron chi connectivity index (χ3n) is 4.73. The van der Waals surface area contributed by atoms with Crippen LogP contribution in [0.4, 0.5) is 17.1 Å². The van der Waals surface area contributed by atoms with Crippen LogP contribution in [0.2, 0.25) is 5.02 Å². The molecule has 0 saturated carbocycles. The van der Waals surface area contributed by atoms with E-state index in [1.165, 1.54) is 11.4 Å². The highest BCUT2D eigenvalue weighted by Gasteiger charge is 2.17. The number of anilines is 3. The van der Waals surface area contributed by atoms with E-state index in [0.717, 1.165) is 49.7 Å². The third kappa shape index (κ3) is 4.92. The molecule has 1 N–H and O–H groups in total. The maximum absolute atomic E-state index is 11.8. The largest absolute Gasteiger partial charge is 0.368 e. The molecule has 1 aliphatic heterocycles. The number of halogens is 1. The monoisotopic (exact) mass is 371 g/mol. The van der Waals surface area contributed by atoms with E-state index in [1.54, 1.807) is 0 Å². The topological polar surface area (TPSA) is 35.6 Å². The van der Waals surface area contributed by atoms with E-state index in [0.29, 0.717) is 6.42 Å². The summed E-state index contributed by atoms with van der Waals surface area (Å²) in [6, 6.07) is 16.2. The average molecular weight is 372 g/mol. The van der Waals surface area contributed by atoms with E-state index in [1.807, 2.05) is 30.3 Å². The fourth-order valence-electron chi connectivity index (χ4n) is 3.21. The summed E-state index contributed by atoms with van der Waals surface area (Å²) in [6.45, 7) is 5.96. The first-order valence-electron chi connectivity index (χ1n) is 9.31. The molecule has 0 aromatic heterocycles. The lowest BCUT2D eigenvalue weighted by molar-refractivity contribution is -0.116. The number of hydrogen-bond donors (Lipinski definition) is 1. The Balaban J connectivity index is 1.54.